The van der Waals surface area contributed by atoms with Gasteiger partial charge in [0.25, 0.3) is 0 Å². The van der Waals surface area contributed by atoms with Crippen molar-refractivity contribution in [3.63, 3.8) is 0 Å². The third-order valence-corrected chi connectivity index (χ3v) is 15.8. The van der Waals surface area contributed by atoms with Crippen molar-refractivity contribution in [3.05, 3.63) is 0 Å². The minimum atomic E-state index is -4.35. The van der Waals surface area contributed by atoms with E-state index >= 15 is 0 Å². The van der Waals surface area contributed by atoms with Crippen LogP contribution in [0.3, 0.4) is 0 Å². The lowest BCUT2D eigenvalue weighted by Crippen LogP contribution is -2.61. The molecule has 0 aromatic rings. The lowest BCUT2D eigenvalue weighted by atomic mass is 10.5. The largest absolute Gasteiger partial charge is 0.491 e. The van der Waals surface area contributed by atoms with Crippen molar-refractivity contribution in [1.82, 2.24) is 0 Å². The maximum atomic E-state index is 13.0. The molecule has 0 spiro atoms. The minimum absolute atomic E-state index is 0.327. The van der Waals surface area contributed by atoms with Gasteiger partial charge in [-0.25, -0.2) is 0 Å². The van der Waals surface area contributed by atoms with Gasteiger partial charge < -0.3 is 37.4 Å². The molecule has 0 aliphatic rings. The zero-order chi connectivity index (χ0) is 21.9. The quantitative estimate of drug-likeness (QED) is 0.330. The van der Waals surface area contributed by atoms with E-state index in [1.54, 1.807) is 6.55 Å². The number of halogens is 3. The Hall–Kier alpha value is 0.121. The van der Waals surface area contributed by atoms with Gasteiger partial charge in [0.2, 0.25) is 0 Å². The van der Waals surface area contributed by atoms with Crippen LogP contribution in [-0.2, 0) is 25.9 Å². The summed E-state index contributed by atoms with van der Waals surface area (Å²) in [7, 11) is -4.26. The predicted octanol–water partition coefficient (Wildman–Crippen LogP) is 1.49. The van der Waals surface area contributed by atoms with Gasteiger partial charge in [-0.05, 0) is 25.6 Å². The number of alkyl halides is 3. The Labute approximate surface area is 168 Å². The highest BCUT2D eigenvalue weighted by Crippen LogP contribution is 2.34. The van der Waals surface area contributed by atoms with Gasteiger partial charge in [0, 0.05) is 53.4 Å². The molecule has 0 aromatic heterocycles. The fraction of sp³-hybridized carbons (Fsp3) is 1.00. The Morgan fingerprint density at radius 3 is 1.57 bits per heavy atom. The van der Waals surface area contributed by atoms with Gasteiger partial charge in [-0.1, -0.05) is 0 Å². The zero-order valence-electron chi connectivity index (χ0n) is 17.5. The molecule has 0 fully saturated rings. The Kier molecular flexibility index (Phi) is 12.8. The molecule has 14 heteroatoms. The van der Waals surface area contributed by atoms with Gasteiger partial charge in [0.05, 0.1) is 6.54 Å². The molecule has 0 saturated carbocycles. The molecule has 0 heterocycles. The summed E-state index contributed by atoms with van der Waals surface area (Å²) in [6.45, 7) is 2.58. The summed E-state index contributed by atoms with van der Waals surface area (Å²) < 4.78 is 73.4. The molecule has 0 aromatic carbocycles. The molecule has 5 N–H and O–H groups in total. The van der Waals surface area contributed by atoms with Crippen molar-refractivity contribution in [3.8, 4) is 0 Å². The van der Waals surface area contributed by atoms with Crippen LogP contribution in [-0.4, -0.2) is 73.9 Å². The first-order chi connectivity index (χ1) is 13.0. The molecule has 0 saturated heterocycles. The van der Waals surface area contributed by atoms with Gasteiger partial charge in [-0.15, -0.1) is 0 Å². The highest BCUT2D eigenvalue weighted by Gasteiger charge is 2.54. The average molecular weight is 470 g/mol. The van der Waals surface area contributed by atoms with Gasteiger partial charge >= 0.3 is 32.3 Å². The summed E-state index contributed by atoms with van der Waals surface area (Å²) in [6, 6.07) is 0.479. The molecule has 0 amide bonds. The van der Waals surface area contributed by atoms with Crippen LogP contribution in [0.15, 0.2) is 0 Å². The molecular weight excluding hydrogens is 433 g/mol. The van der Waals surface area contributed by atoms with Crippen molar-refractivity contribution in [1.29, 1.82) is 0 Å². The van der Waals surface area contributed by atoms with E-state index in [9.17, 15) is 13.2 Å². The van der Waals surface area contributed by atoms with Crippen LogP contribution in [0.5, 0.6) is 0 Å². The first kappa shape index (κ1) is 28.1. The van der Waals surface area contributed by atoms with Crippen LogP contribution in [0.2, 0.25) is 24.7 Å². The molecule has 0 bridgehead atoms. The standard InChI is InChI=1S/C14H35F3N2O6Si3/c1-20-27(21-2,11-6-9-18)24-26(5,13-8-14(15,16)17)25-28(22-3,23-4)12-7-10-19/h6-13,18-19H2,1-5H3/p+1. The van der Waals surface area contributed by atoms with Gasteiger partial charge in [0.15, 0.2) is 0 Å². The van der Waals surface area contributed by atoms with Crippen LogP contribution in [0.25, 0.3) is 0 Å². The van der Waals surface area contributed by atoms with Crippen molar-refractivity contribution < 1.29 is 44.8 Å². The highest BCUT2D eigenvalue weighted by molar-refractivity contribution is 6.83. The Morgan fingerprint density at radius 2 is 1.25 bits per heavy atom. The van der Waals surface area contributed by atoms with Crippen LogP contribution < -0.4 is 11.5 Å². The van der Waals surface area contributed by atoms with E-state index < -0.39 is 38.8 Å². The van der Waals surface area contributed by atoms with E-state index in [-0.39, 0.29) is 6.04 Å². The number of rotatable bonds is 16. The molecule has 0 aliphatic carbocycles. The molecule has 28 heavy (non-hydrogen) atoms. The Morgan fingerprint density at radius 1 is 0.821 bits per heavy atom. The molecule has 0 aliphatic heterocycles. The average Bonchev–Trinajstić information content (AvgIpc) is 2.67. The van der Waals surface area contributed by atoms with E-state index in [0.29, 0.717) is 38.0 Å². The number of hydrogen-bond donors (Lipinski definition) is 2. The van der Waals surface area contributed by atoms with Gasteiger partial charge in [0.1, 0.15) is 0 Å². The summed E-state index contributed by atoms with van der Waals surface area (Å²) in [6.07, 6.45) is -4.18. The van der Waals surface area contributed by atoms with Crippen molar-refractivity contribution in [2.75, 3.05) is 41.5 Å². The van der Waals surface area contributed by atoms with Crippen LogP contribution in [0, 0.1) is 0 Å². The lowest BCUT2D eigenvalue weighted by Gasteiger charge is -2.41. The molecule has 0 radical (unpaired) electrons. The van der Waals surface area contributed by atoms with Crippen molar-refractivity contribution in [2.24, 2.45) is 5.73 Å². The topological polar surface area (TPSA) is 109 Å². The summed E-state index contributed by atoms with van der Waals surface area (Å²) in [4.78, 5) is 0. The maximum Gasteiger partial charge on any atom is 0.491 e. The lowest BCUT2D eigenvalue weighted by molar-refractivity contribution is -0.367. The summed E-state index contributed by atoms with van der Waals surface area (Å²) in [5.41, 5.74) is 9.36. The van der Waals surface area contributed by atoms with Gasteiger partial charge in [-0.3, -0.25) is 0 Å². The van der Waals surface area contributed by atoms with Crippen molar-refractivity contribution in [2.45, 2.75) is 50.1 Å². The van der Waals surface area contributed by atoms with Crippen LogP contribution in [0.1, 0.15) is 19.3 Å². The number of hydrogen-bond acceptors (Lipinski definition) is 7. The third-order valence-electron chi connectivity index (χ3n) is 4.27. The van der Waals surface area contributed by atoms with E-state index in [1.165, 1.54) is 28.4 Å². The van der Waals surface area contributed by atoms with Crippen LogP contribution >= 0.6 is 0 Å². The second kappa shape index (κ2) is 12.7. The van der Waals surface area contributed by atoms with E-state index in [1.807, 2.05) is 0 Å². The summed E-state index contributed by atoms with van der Waals surface area (Å²) in [5.74, 6) is 0. The first-order valence-corrected chi connectivity index (χ1v) is 15.5. The highest BCUT2D eigenvalue weighted by atomic mass is 28.5. The third kappa shape index (κ3) is 9.75. The molecular formula is C14H36F3N2O6Si3+. The Balaban J connectivity index is 5.77. The molecule has 1 unspecified atom stereocenters. The molecule has 1 atom stereocenters. The SMILES string of the molecule is CO[Si](CCCN)(OC)O[Si](C)(CCC(F)(F)F)O[Si](CCC[NH3+])(OC)OC. The molecule has 170 valence electrons. The monoisotopic (exact) mass is 469 g/mol. The van der Waals surface area contributed by atoms with E-state index in [2.05, 4.69) is 5.73 Å². The second-order valence-electron chi connectivity index (χ2n) is 6.48. The predicted molar refractivity (Wildman–Crippen MR) is 104 cm³/mol. The molecule has 0 rings (SSSR count). The van der Waals surface area contributed by atoms with Crippen molar-refractivity contribution >= 4 is 26.2 Å². The maximum absolute atomic E-state index is 13.0. The first-order valence-electron chi connectivity index (χ1n) is 9.16. The normalized spacial score (nSPS) is 15.6. The minimum Gasteiger partial charge on any atom is -0.393 e. The Bertz CT molecular complexity index is 404. The second-order valence-corrected chi connectivity index (χ2v) is 16.3. The summed E-state index contributed by atoms with van der Waals surface area (Å²) >= 11 is 0. The fourth-order valence-corrected chi connectivity index (χ4v) is 14.6. The zero-order valence-corrected chi connectivity index (χ0v) is 20.5. The van der Waals surface area contributed by atoms with Crippen LogP contribution in [0.4, 0.5) is 13.2 Å². The van der Waals surface area contributed by atoms with Gasteiger partial charge in [-0.2, -0.15) is 13.2 Å². The number of quaternary nitrogens is 1. The van der Waals surface area contributed by atoms with E-state index in [0.717, 1.165) is 0 Å². The number of nitrogens with two attached hydrogens (primary N) is 1. The smallest absolute Gasteiger partial charge is 0.393 e. The fourth-order valence-electron chi connectivity index (χ4n) is 2.65. The molecule has 8 nitrogen and oxygen atoms in total. The van der Waals surface area contributed by atoms with E-state index in [4.69, 9.17) is 31.7 Å². The summed E-state index contributed by atoms with van der Waals surface area (Å²) in [5, 5.41) is 0.